The Morgan fingerprint density at radius 2 is 0.843 bits per heavy atom. The summed E-state index contributed by atoms with van der Waals surface area (Å²) in [5.74, 6) is 0.710. The number of likely N-dealkylation sites (tertiary alicyclic amines) is 2. The minimum absolute atomic E-state index is 0. The fourth-order valence-electron chi connectivity index (χ4n) is 12.3. The summed E-state index contributed by atoms with van der Waals surface area (Å²) in [6.07, 6.45) is 9.56. The molecule has 6 N–H and O–H groups in total. The lowest BCUT2D eigenvalue weighted by molar-refractivity contribution is -0.139. The van der Waals surface area contributed by atoms with Crippen molar-refractivity contribution in [2.75, 3.05) is 50.9 Å². The number of para-hydroxylation sites is 2. The lowest BCUT2D eigenvalue weighted by Gasteiger charge is -2.42. The Bertz CT molecular complexity index is 2170. The number of halogens is 4. The van der Waals surface area contributed by atoms with Crippen LogP contribution in [0.1, 0.15) is 108 Å². The number of hydrogen-bond acceptors (Lipinski definition) is 8. The fraction of sp³-hybridized carbons (Fsp3) is 0.481. The maximum absolute atomic E-state index is 14.0. The lowest BCUT2D eigenvalue weighted by Crippen LogP contribution is -2.51. The van der Waals surface area contributed by atoms with Crippen LogP contribution in [-0.4, -0.2) is 97.9 Å². The molecule has 2 saturated heterocycles. The summed E-state index contributed by atoms with van der Waals surface area (Å²) >= 11 is 0. The van der Waals surface area contributed by atoms with Gasteiger partial charge in [-0.05, 0) is 100 Å². The molecule has 6 aliphatic rings. The van der Waals surface area contributed by atoms with Crippen LogP contribution in [0.15, 0.2) is 109 Å². The van der Waals surface area contributed by atoms with E-state index in [0.29, 0.717) is 35.0 Å². The molecule has 2 aliphatic carbocycles. The quantitative estimate of drug-likeness (QED) is 0.0925. The lowest BCUT2D eigenvalue weighted by atomic mass is 9.81. The van der Waals surface area contributed by atoms with Crippen LogP contribution in [0.4, 0.5) is 11.4 Å². The smallest absolute Gasteiger partial charge is 0.251 e. The van der Waals surface area contributed by atoms with Gasteiger partial charge in [-0.2, -0.15) is 0 Å². The van der Waals surface area contributed by atoms with Gasteiger partial charge in [0.05, 0.1) is 23.9 Å². The van der Waals surface area contributed by atoms with Gasteiger partial charge in [-0.3, -0.25) is 19.2 Å². The second-order valence-corrected chi connectivity index (χ2v) is 19.3. The average molecular weight is 1040 g/mol. The average Bonchev–Trinajstić information content (AvgIpc) is 4.02. The van der Waals surface area contributed by atoms with Crippen LogP contribution in [0.2, 0.25) is 0 Å². The Morgan fingerprint density at radius 1 is 0.486 bits per heavy atom. The molecule has 2 saturated carbocycles. The van der Waals surface area contributed by atoms with Crippen LogP contribution in [0.5, 0.6) is 0 Å². The molecular weight excluding hydrogens is 966 g/mol. The van der Waals surface area contributed by atoms with E-state index in [1.54, 1.807) is 0 Å². The molecule has 70 heavy (non-hydrogen) atoms. The van der Waals surface area contributed by atoms with Crippen molar-refractivity contribution in [1.82, 2.24) is 31.1 Å². The van der Waals surface area contributed by atoms with E-state index in [-0.39, 0.29) is 109 Å². The largest absolute Gasteiger partial charge is 0.380 e. The van der Waals surface area contributed by atoms with Crippen molar-refractivity contribution in [3.63, 3.8) is 0 Å². The van der Waals surface area contributed by atoms with E-state index in [9.17, 15) is 19.2 Å². The number of carbonyl (C=O) groups excluding carboxylic acids is 4. The predicted molar refractivity (Wildman–Crippen MR) is 289 cm³/mol. The summed E-state index contributed by atoms with van der Waals surface area (Å²) in [5.41, 5.74) is 6.02. The third-order valence-corrected chi connectivity index (χ3v) is 15.4. The maximum Gasteiger partial charge on any atom is 0.251 e. The molecule has 4 aliphatic heterocycles. The SMILES string of the molecule is CNC[C@@H]1Nc2ccccc2[C@H]2[C@@H]1CCN2C(=O)[C@H]1CCCC[C@H]1NC(=O)c1ccccc1.CNC[C@H]1Nc2ccccc2[C@@H]2[C@H]1CCN2C(=O)[C@H]1CCCC[C@H]1NC(=O)c1ccccc1.Cl.Cl.Cl.Cl. The van der Waals surface area contributed by atoms with Crippen LogP contribution < -0.4 is 31.9 Å². The Hall–Kier alpha value is -4.56. The first kappa shape index (κ1) is 56.4. The van der Waals surface area contributed by atoms with E-state index in [4.69, 9.17) is 0 Å². The third-order valence-electron chi connectivity index (χ3n) is 15.4. The molecule has 4 amide bonds. The van der Waals surface area contributed by atoms with Gasteiger partial charge < -0.3 is 41.7 Å². The second kappa shape index (κ2) is 26.2. The number of benzene rings is 4. The van der Waals surface area contributed by atoms with E-state index in [0.717, 1.165) is 102 Å². The Kier molecular flexibility index (Phi) is 21.1. The third kappa shape index (κ3) is 12.0. The number of fused-ring (bicyclic) bond motifs is 6. The number of hydrogen-bond donors (Lipinski definition) is 6. The highest BCUT2D eigenvalue weighted by atomic mass is 35.5. The Labute approximate surface area is 439 Å². The van der Waals surface area contributed by atoms with Crippen LogP contribution in [0.25, 0.3) is 0 Å². The highest BCUT2D eigenvalue weighted by Crippen LogP contribution is 2.49. The zero-order chi connectivity index (χ0) is 45.6. The minimum atomic E-state index is -0.157. The van der Waals surface area contributed by atoms with Gasteiger partial charge in [0.2, 0.25) is 11.8 Å². The van der Waals surface area contributed by atoms with Crippen molar-refractivity contribution in [3.8, 4) is 0 Å². The summed E-state index contributed by atoms with van der Waals surface area (Å²) in [7, 11) is 3.97. The van der Waals surface area contributed by atoms with E-state index in [2.05, 4.69) is 90.2 Å². The van der Waals surface area contributed by atoms with Crippen LogP contribution >= 0.6 is 49.6 Å². The van der Waals surface area contributed by atoms with Gasteiger partial charge in [-0.1, -0.05) is 98.5 Å². The monoisotopic (exact) mass is 1040 g/mol. The van der Waals surface area contributed by atoms with E-state index < -0.39 is 0 Å². The molecule has 0 aromatic heterocycles. The first-order valence-corrected chi connectivity index (χ1v) is 24.7. The number of nitrogens with one attached hydrogen (secondary N) is 6. The van der Waals surface area contributed by atoms with Crippen molar-refractivity contribution in [1.29, 1.82) is 0 Å². The van der Waals surface area contributed by atoms with Gasteiger partial charge in [0.25, 0.3) is 11.8 Å². The van der Waals surface area contributed by atoms with E-state index in [1.807, 2.05) is 74.8 Å². The molecule has 16 heteroatoms. The summed E-state index contributed by atoms with van der Waals surface area (Å²) in [6, 6.07) is 36.0. The molecule has 10 rings (SSSR count). The molecule has 4 aromatic rings. The molecule has 0 unspecified atom stereocenters. The van der Waals surface area contributed by atoms with Crippen molar-refractivity contribution in [2.45, 2.75) is 100 Å². The summed E-state index contributed by atoms with van der Waals surface area (Å²) < 4.78 is 0. The van der Waals surface area contributed by atoms with Gasteiger partial charge in [0.15, 0.2) is 0 Å². The molecule has 0 spiro atoms. The molecule has 0 radical (unpaired) electrons. The van der Waals surface area contributed by atoms with Crippen molar-refractivity contribution >= 4 is 84.6 Å². The molecule has 12 nitrogen and oxygen atoms in total. The number of likely N-dealkylation sites (N-methyl/N-ethyl adjacent to an activating group) is 2. The van der Waals surface area contributed by atoms with E-state index in [1.165, 1.54) is 11.1 Å². The van der Waals surface area contributed by atoms with Gasteiger partial charge >= 0.3 is 0 Å². The zero-order valence-electron chi connectivity index (χ0n) is 40.2. The van der Waals surface area contributed by atoms with Crippen molar-refractivity contribution < 1.29 is 19.2 Å². The number of nitrogens with zero attached hydrogens (tertiary/aromatic N) is 2. The molecule has 4 heterocycles. The molecule has 4 fully saturated rings. The molecule has 10 atom stereocenters. The highest BCUT2D eigenvalue weighted by Gasteiger charge is 2.49. The van der Waals surface area contributed by atoms with Crippen LogP contribution in [0, 0.1) is 23.7 Å². The second-order valence-electron chi connectivity index (χ2n) is 19.3. The molecule has 0 bridgehead atoms. The summed E-state index contributed by atoms with van der Waals surface area (Å²) in [6.45, 7) is 3.30. The number of carbonyl (C=O) groups is 4. The van der Waals surface area contributed by atoms with E-state index >= 15 is 0 Å². The normalized spacial score (nSPS) is 26.8. The maximum atomic E-state index is 14.0. The Morgan fingerprint density at radius 3 is 1.23 bits per heavy atom. The molecule has 4 aromatic carbocycles. The Balaban J connectivity index is 0.000000247. The first-order chi connectivity index (χ1) is 32.3. The van der Waals surface area contributed by atoms with Gasteiger partial charge in [-0.25, -0.2) is 0 Å². The first-order valence-electron chi connectivity index (χ1n) is 24.7. The number of rotatable bonds is 10. The number of amides is 4. The van der Waals surface area contributed by atoms with Crippen LogP contribution in [-0.2, 0) is 9.59 Å². The van der Waals surface area contributed by atoms with Crippen LogP contribution in [0.3, 0.4) is 0 Å². The highest BCUT2D eigenvalue weighted by molar-refractivity contribution is 5.95. The van der Waals surface area contributed by atoms with Gasteiger partial charge in [0, 0.05) is 84.7 Å². The zero-order valence-corrected chi connectivity index (χ0v) is 43.5. The van der Waals surface area contributed by atoms with Crippen molar-refractivity contribution in [3.05, 3.63) is 131 Å². The number of anilines is 2. The van der Waals surface area contributed by atoms with Gasteiger partial charge in [0.1, 0.15) is 0 Å². The van der Waals surface area contributed by atoms with Gasteiger partial charge in [-0.15, -0.1) is 49.6 Å². The predicted octanol–water partition coefficient (Wildman–Crippen LogP) is 8.84. The minimum Gasteiger partial charge on any atom is -0.380 e. The fourth-order valence-corrected chi connectivity index (χ4v) is 12.3. The standard InChI is InChI=1S/2C27H34N4O2.4ClH/c2*1-28-17-24-20-15-16-31(25(20)19-11-5-7-13-22(19)29-24)27(33)21-12-6-8-14-23(21)30-26(32)18-9-3-2-4-10-18;;;;/h2*2-5,7,9-11,13,20-21,23-25,28-29H,6,8,12,14-17H2,1H3,(H,30,32);4*1H/t20-,21+,23-,24+,25+;20-,21-,23+,24+,25+;;;;/m10..../s1. The molecular formula is C54H72Cl4N8O4. The summed E-state index contributed by atoms with van der Waals surface area (Å²) in [5, 5.41) is 20.4. The summed E-state index contributed by atoms with van der Waals surface area (Å²) in [4.78, 5) is 58.0. The molecule has 380 valence electrons. The van der Waals surface area contributed by atoms with Crippen molar-refractivity contribution in [2.24, 2.45) is 23.7 Å². The topological polar surface area (TPSA) is 147 Å².